The minimum absolute atomic E-state index is 0.234. The third-order valence-corrected chi connectivity index (χ3v) is 3.23. The first kappa shape index (κ1) is 10.5. The van der Waals surface area contributed by atoms with Crippen LogP contribution in [-0.2, 0) is 4.79 Å². The zero-order valence-corrected chi connectivity index (χ0v) is 8.99. The highest BCUT2D eigenvalue weighted by molar-refractivity contribution is 6.02. The predicted octanol–water partition coefficient (Wildman–Crippen LogP) is 0.966. The van der Waals surface area contributed by atoms with Gasteiger partial charge in [-0.05, 0) is 26.2 Å². The molecule has 1 atom stereocenters. The van der Waals surface area contributed by atoms with E-state index in [1.807, 2.05) is 4.90 Å². The molecule has 84 valence electrons. The summed E-state index contributed by atoms with van der Waals surface area (Å²) in [4.78, 5) is 13.5. The lowest BCUT2D eigenvalue weighted by Crippen LogP contribution is -2.33. The molecule has 1 aliphatic heterocycles. The Morgan fingerprint density at radius 1 is 1.27 bits per heavy atom. The van der Waals surface area contributed by atoms with Gasteiger partial charge in [0.1, 0.15) is 5.60 Å². The fraction of sp³-hybridized carbons (Fsp3) is 0.727. The van der Waals surface area contributed by atoms with Crippen molar-refractivity contribution in [1.29, 1.82) is 0 Å². The normalized spacial score (nSPS) is 32.7. The fourth-order valence-electron chi connectivity index (χ4n) is 2.30. The van der Waals surface area contributed by atoms with Crippen molar-refractivity contribution in [3.63, 3.8) is 0 Å². The number of piperidine rings is 1. The summed E-state index contributed by atoms with van der Waals surface area (Å²) in [7, 11) is 0. The fourth-order valence-corrected chi connectivity index (χ4v) is 2.30. The molecule has 4 nitrogen and oxygen atoms in total. The van der Waals surface area contributed by atoms with Crippen LogP contribution in [0.1, 0.15) is 32.6 Å². The minimum atomic E-state index is -1.41. The van der Waals surface area contributed by atoms with Crippen LogP contribution in [0, 0.1) is 0 Å². The molecule has 0 aromatic carbocycles. The first-order valence-corrected chi connectivity index (χ1v) is 5.46. The van der Waals surface area contributed by atoms with Crippen LogP contribution in [0.25, 0.3) is 0 Å². The molecule has 0 amide bonds. The maximum Gasteiger partial charge on any atom is 0.230 e. The molecular weight excluding hydrogens is 194 g/mol. The summed E-state index contributed by atoms with van der Waals surface area (Å²) < 4.78 is 0. The maximum absolute atomic E-state index is 11.5. The number of aliphatic hydroxyl groups is 2. The van der Waals surface area contributed by atoms with E-state index in [0.717, 1.165) is 25.9 Å². The summed E-state index contributed by atoms with van der Waals surface area (Å²) in [6, 6.07) is 0. The number of aliphatic hydroxyl groups excluding tert-OH is 1. The molecule has 0 aromatic rings. The zero-order chi connectivity index (χ0) is 11.1. The van der Waals surface area contributed by atoms with Crippen molar-refractivity contribution in [2.24, 2.45) is 0 Å². The molecule has 0 saturated carbocycles. The van der Waals surface area contributed by atoms with Crippen molar-refractivity contribution < 1.29 is 15.0 Å². The van der Waals surface area contributed by atoms with Crippen LogP contribution in [0.4, 0.5) is 0 Å². The summed E-state index contributed by atoms with van der Waals surface area (Å²) in [5, 5.41) is 19.4. The first-order valence-electron chi connectivity index (χ1n) is 5.46. The smallest absolute Gasteiger partial charge is 0.230 e. The average Bonchev–Trinajstić information content (AvgIpc) is 2.44. The van der Waals surface area contributed by atoms with Gasteiger partial charge in [-0.3, -0.25) is 4.79 Å². The van der Waals surface area contributed by atoms with E-state index in [1.165, 1.54) is 13.3 Å². The molecule has 4 heteroatoms. The van der Waals surface area contributed by atoms with Crippen molar-refractivity contribution in [2.45, 2.75) is 38.2 Å². The largest absolute Gasteiger partial charge is 0.503 e. The highest BCUT2D eigenvalue weighted by atomic mass is 16.3. The van der Waals surface area contributed by atoms with E-state index >= 15 is 0 Å². The molecule has 2 rings (SSSR count). The van der Waals surface area contributed by atoms with Gasteiger partial charge < -0.3 is 15.1 Å². The Kier molecular flexibility index (Phi) is 2.46. The van der Waals surface area contributed by atoms with Gasteiger partial charge in [-0.2, -0.15) is 0 Å². The van der Waals surface area contributed by atoms with Crippen LogP contribution in [-0.4, -0.2) is 39.6 Å². The van der Waals surface area contributed by atoms with Crippen LogP contribution >= 0.6 is 0 Å². The van der Waals surface area contributed by atoms with Gasteiger partial charge in [-0.25, -0.2) is 0 Å². The number of rotatable bonds is 1. The Morgan fingerprint density at radius 3 is 2.33 bits per heavy atom. The lowest BCUT2D eigenvalue weighted by molar-refractivity contribution is -0.132. The van der Waals surface area contributed by atoms with Crippen molar-refractivity contribution in [3.8, 4) is 0 Å². The summed E-state index contributed by atoms with van der Waals surface area (Å²) >= 11 is 0. The van der Waals surface area contributed by atoms with Gasteiger partial charge in [0.2, 0.25) is 5.78 Å². The summed E-state index contributed by atoms with van der Waals surface area (Å²) in [6.45, 7) is 3.22. The first-order chi connectivity index (χ1) is 7.02. The van der Waals surface area contributed by atoms with E-state index in [9.17, 15) is 15.0 Å². The van der Waals surface area contributed by atoms with Crippen LogP contribution in [0.5, 0.6) is 0 Å². The van der Waals surface area contributed by atoms with Crippen molar-refractivity contribution in [1.82, 2.24) is 4.90 Å². The number of likely N-dealkylation sites (tertiary alicyclic amines) is 1. The van der Waals surface area contributed by atoms with Gasteiger partial charge in [0.25, 0.3) is 0 Å². The lowest BCUT2D eigenvalue weighted by atomic mass is 10.0. The Labute approximate surface area is 89.2 Å². The zero-order valence-electron chi connectivity index (χ0n) is 8.99. The Bertz CT molecular complexity index is 314. The molecule has 0 aromatic heterocycles. The molecule has 1 saturated heterocycles. The quantitative estimate of drug-likeness (QED) is 0.678. The van der Waals surface area contributed by atoms with E-state index in [4.69, 9.17) is 0 Å². The number of nitrogens with zero attached hydrogens (tertiary/aromatic N) is 1. The topological polar surface area (TPSA) is 60.8 Å². The number of hydrogen-bond acceptors (Lipinski definition) is 4. The molecule has 1 heterocycles. The summed E-state index contributed by atoms with van der Waals surface area (Å²) in [5.41, 5.74) is -0.777. The predicted molar refractivity (Wildman–Crippen MR) is 55.3 cm³/mol. The second-order valence-corrected chi connectivity index (χ2v) is 4.62. The molecule has 0 spiro atoms. The summed E-state index contributed by atoms with van der Waals surface area (Å²) in [6.07, 6.45) is 3.63. The second kappa shape index (κ2) is 3.52. The van der Waals surface area contributed by atoms with Gasteiger partial charge in [0, 0.05) is 19.5 Å². The van der Waals surface area contributed by atoms with Gasteiger partial charge in [0.15, 0.2) is 5.76 Å². The van der Waals surface area contributed by atoms with Gasteiger partial charge >= 0.3 is 0 Å². The number of carbonyl (C=O) groups is 1. The highest BCUT2D eigenvalue weighted by Crippen LogP contribution is 2.33. The van der Waals surface area contributed by atoms with Gasteiger partial charge in [-0.1, -0.05) is 0 Å². The SMILES string of the molecule is C[C@]1(O)CC(N2CCCCC2)=C(O)C1=O. The standard InChI is InChI=1S/C11H17NO3/c1-11(15)7-8(9(13)10(11)14)12-5-3-2-4-6-12/h13,15H,2-7H2,1H3/t11-/m0/s1. The van der Waals surface area contributed by atoms with Crippen molar-refractivity contribution in [2.75, 3.05) is 13.1 Å². The highest BCUT2D eigenvalue weighted by Gasteiger charge is 2.43. The molecular formula is C11H17NO3. The molecule has 2 N–H and O–H groups in total. The maximum atomic E-state index is 11.5. The van der Waals surface area contributed by atoms with Gasteiger partial charge in [0.05, 0.1) is 5.70 Å². The third-order valence-electron chi connectivity index (χ3n) is 3.23. The Balaban J connectivity index is 2.19. The van der Waals surface area contributed by atoms with E-state index in [1.54, 1.807) is 0 Å². The summed E-state index contributed by atoms with van der Waals surface area (Å²) in [5.74, 6) is -0.773. The third kappa shape index (κ3) is 1.74. The molecule has 1 fully saturated rings. The van der Waals surface area contributed by atoms with Crippen LogP contribution < -0.4 is 0 Å². The van der Waals surface area contributed by atoms with Crippen LogP contribution in [0.15, 0.2) is 11.5 Å². The monoisotopic (exact) mass is 211 g/mol. The van der Waals surface area contributed by atoms with E-state index < -0.39 is 11.4 Å². The van der Waals surface area contributed by atoms with Crippen molar-refractivity contribution in [3.05, 3.63) is 11.5 Å². The molecule has 2 aliphatic rings. The van der Waals surface area contributed by atoms with Gasteiger partial charge in [-0.15, -0.1) is 0 Å². The molecule has 15 heavy (non-hydrogen) atoms. The second-order valence-electron chi connectivity index (χ2n) is 4.62. The molecule has 0 radical (unpaired) electrons. The Morgan fingerprint density at radius 2 is 1.87 bits per heavy atom. The number of ketones is 1. The number of Topliss-reactive ketones (excluding diaryl/α,β-unsaturated/α-hetero) is 1. The van der Waals surface area contributed by atoms with Crippen LogP contribution in [0.3, 0.4) is 0 Å². The minimum Gasteiger partial charge on any atom is -0.503 e. The number of carbonyl (C=O) groups excluding carboxylic acids is 1. The lowest BCUT2D eigenvalue weighted by Gasteiger charge is -2.30. The van der Waals surface area contributed by atoms with E-state index in [2.05, 4.69) is 0 Å². The average molecular weight is 211 g/mol. The van der Waals surface area contributed by atoms with E-state index in [-0.39, 0.29) is 12.2 Å². The van der Waals surface area contributed by atoms with E-state index in [0.29, 0.717) is 5.70 Å². The number of hydrogen-bond donors (Lipinski definition) is 2. The van der Waals surface area contributed by atoms with Crippen molar-refractivity contribution >= 4 is 5.78 Å². The molecule has 0 unspecified atom stereocenters. The molecule has 0 bridgehead atoms. The van der Waals surface area contributed by atoms with Crippen LogP contribution in [0.2, 0.25) is 0 Å². The Hall–Kier alpha value is -1.03. The molecule has 1 aliphatic carbocycles.